The van der Waals surface area contributed by atoms with E-state index in [4.69, 9.17) is 4.74 Å². The van der Waals surface area contributed by atoms with Crippen LogP contribution < -0.4 is 10.1 Å². The van der Waals surface area contributed by atoms with Crippen LogP contribution in [0.2, 0.25) is 0 Å². The highest BCUT2D eigenvalue weighted by molar-refractivity contribution is 6.08. The van der Waals surface area contributed by atoms with E-state index in [-0.39, 0.29) is 11.7 Å². The number of Topliss-reactive ketones (excluding diaryl/α,β-unsaturated/α-hetero) is 1. The van der Waals surface area contributed by atoms with E-state index < -0.39 is 5.60 Å². The summed E-state index contributed by atoms with van der Waals surface area (Å²) in [7, 11) is 0. The Bertz CT molecular complexity index is 858. The standard InChI is InChI=1S/C21H23NO3/c1-12-8-13(2)19(14(3)9-12)22-20(24)15-6-7-18-16(10-15)17(23)11-21(4,5)25-18/h6-10H,11H2,1-5H3,(H,22,24). The van der Waals surface area contributed by atoms with Gasteiger partial charge in [0.2, 0.25) is 0 Å². The van der Waals surface area contributed by atoms with Crippen LogP contribution in [-0.4, -0.2) is 17.3 Å². The van der Waals surface area contributed by atoms with Crippen LogP contribution in [0.15, 0.2) is 30.3 Å². The molecule has 4 nitrogen and oxygen atoms in total. The summed E-state index contributed by atoms with van der Waals surface area (Å²) >= 11 is 0. The summed E-state index contributed by atoms with van der Waals surface area (Å²) < 4.78 is 5.84. The molecule has 2 aromatic rings. The first-order valence-electron chi connectivity index (χ1n) is 8.42. The van der Waals surface area contributed by atoms with Gasteiger partial charge in [-0.05, 0) is 63.9 Å². The van der Waals surface area contributed by atoms with Gasteiger partial charge in [-0.3, -0.25) is 9.59 Å². The first kappa shape index (κ1) is 17.2. The Labute approximate surface area is 148 Å². The van der Waals surface area contributed by atoms with Gasteiger partial charge in [0, 0.05) is 11.3 Å². The minimum Gasteiger partial charge on any atom is -0.487 e. The van der Waals surface area contributed by atoms with Gasteiger partial charge < -0.3 is 10.1 Å². The third kappa shape index (κ3) is 3.43. The van der Waals surface area contributed by atoms with Crippen molar-refractivity contribution in [2.24, 2.45) is 0 Å². The maximum atomic E-state index is 12.7. The lowest BCUT2D eigenvalue weighted by molar-refractivity contribution is 0.0620. The molecule has 2 aromatic carbocycles. The molecule has 0 aromatic heterocycles. The van der Waals surface area contributed by atoms with Gasteiger partial charge in [-0.1, -0.05) is 17.7 Å². The second kappa shape index (κ2) is 6.03. The van der Waals surface area contributed by atoms with E-state index in [1.165, 1.54) is 0 Å². The molecule has 0 aliphatic carbocycles. The fraction of sp³-hybridized carbons (Fsp3) is 0.333. The summed E-state index contributed by atoms with van der Waals surface area (Å²) in [6.07, 6.45) is 0.307. The molecule has 0 spiro atoms. The summed E-state index contributed by atoms with van der Waals surface area (Å²) in [5, 5.41) is 2.97. The van der Waals surface area contributed by atoms with Crippen LogP contribution in [0.3, 0.4) is 0 Å². The molecule has 4 heteroatoms. The molecule has 3 rings (SSSR count). The predicted molar refractivity (Wildman–Crippen MR) is 98.7 cm³/mol. The minimum atomic E-state index is -0.510. The molecule has 1 aliphatic rings. The SMILES string of the molecule is Cc1cc(C)c(NC(=O)c2ccc3c(c2)C(=O)CC(C)(C)O3)c(C)c1. The molecule has 25 heavy (non-hydrogen) atoms. The van der Waals surface area contributed by atoms with Crippen LogP contribution in [0.5, 0.6) is 5.75 Å². The number of aryl methyl sites for hydroxylation is 3. The van der Waals surface area contributed by atoms with Crippen molar-refractivity contribution in [3.63, 3.8) is 0 Å². The number of amides is 1. The number of hydrogen-bond donors (Lipinski definition) is 1. The molecule has 0 fully saturated rings. The van der Waals surface area contributed by atoms with Crippen LogP contribution in [0.25, 0.3) is 0 Å². The second-order valence-electron chi connectivity index (χ2n) is 7.40. The molecule has 1 amide bonds. The third-order valence-electron chi connectivity index (χ3n) is 4.43. The lowest BCUT2D eigenvalue weighted by Gasteiger charge is -2.31. The number of anilines is 1. The zero-order valence-electron chi connectivity index (χ0n) is 15.3. The van der Waals surface area contributed by atoms with Crippen molar-refractivity contribution in [1.82, 2.24) is 0 Å². The van der Waals surface area contributed by atoms with E-state index >= 15 is 0 Å². The summed E-state index contributed by atoms with van der Waals surface area (Å²) in [6.45, 7) is 9.75. The Kier molecular flexibility index (Phi) is 4.15. The number of ether oxygens (including phenoxy) is 1. The predicted octanol–water partition coefficient (Wildman–Crippen LogP) is 4.61. The molecule has 0 saturated carbocycles. The van der Waals surface area contributed by atoms with Crippen LogP contribution in [0.1, 0.15) is 57.7 Å². The van der Waals surface area contributed by atoms with Gasteiger partial charge in [0.25, 0.3) is 5.91 Å². The topological polar surface area (TPSA) is 55.4 Å². The molecular formula is C21H23NO3. The number of hydrogen-bond acceptors (Lipinski definition) is 3. The van der Waals surface area contributed by atoms with E-state index in [0.29, 0.717) is 23.3 Å². The van der Waals surface area contributed by atoms with E-state index in [0.717, 1.165) is 22.4 Å². The van der Waals surface area contributed by atoms with Crippen molar-refractivity contribution in [3.05, 3.63) is 58.1 Å². The number of benzene rings is 2. The first-order valence-corrected chi connectivity index (χ1v) is 8.42. The zero-order valence-corrected chi connectivity index (χ0v) is 15.3. The van der Waals surface area contributed by atoms with Gasteiger partial charge in [0.15, 0.2) is 5.78 Å². The van der Waals surface area contributed by atoms with Gasteiger partial charge in [-0.25, -0.2) is 0 Å². The van der Waals surface area contributed by atoms with Gasteiger partial charge in [0.1, 0.15) is 11.4 Å². The maximum Gasteiger partial charge on any atom is 0.255 e. The highest BCUT2D eigenvalue weighted by atomic mass is 16.5. The van der Waals surface area contributed by atoms with E-state index in [2.05, 4.69) is 5.32 Å². The van der Waals surface area contributed by atoms with Crippen molar-refractivity contribution >= 4 is 17.4 Å². The number of ketones is 1. The number of nitrogens with one attached hydrogen (secondary N) is 1. The molecule has 0 atom stereocenters. The Balaban J connectivity index is 1.90. The van der Waals surface area contributed by atoms with Crippen molar-refractivity contribution in [2.45, 2.75) is 46.6 Å². The summed E-state index contributed by atoms with van der Waals surface area (Å²) in [4.78, 5) is 25.0. The third-order valence-corrected chi connectivity index (χ3v) is 4.43. The zero-order chi connectivity index (χ0) is 18.4. The quantitative estimate of drug-likeness (QED) is 0.871. The number of fused-ring (bicyclic) bond motifs is 1. The molecule has 1 heterocycles. The van der Waals surface area contributed by atoms with Crippen molar-refractivity contribution in [1.29, 1.82) is 0 Å². The Hall–Kier alpha value is -2.62. The Morgan fingerprint density at radius 3 is 2.36 bits per heavy atom. The van der Waals surface area contributed by atoms with Gasteiger partial charge in [0.05, 0.1) is 12.0 Å². The average Bonchev–Trinajstić information content (AvgIpc) is 2.49. The summed E-state index contributed by atoms with van der Waals surface area (Å²) in [5.41, 5.74) is 4.43. The molecule has 0 radical (unpaired) electrons. The van der Waals surface area contributed by atoms with Crippen molar-refractivity contribution < 1.29 is 14.3 Å². The molecular weight excluding hydrogens is 314 g/mol. The first-order chi connectivity index (χ1) is 11.7. The monoisotopic (exact) mass is 337 g/mol. The van der Waals surface area contributed by atoms with Crippen LogP contribution in [0, 0.1) is 20.8 Å². The van der Waals surface area contributed by atoms with E-state index in [1.54, 1.807) is 18.2 Å². The summed E-state index contributed by atoms with van der Waals surface area (Å²) in [6, 6.07) is 9.10. The lowest BCUT2D eigenvalue weighted by Crippen LogP contribution is -2.36. The normalized spacial score (nSPS) is 15.3. The maximum absolute atomic E-state index is 12.7. The van der Waals surface area contributed by atoms with Crippen LogP contribution >= 0.6 is 0 Å². The smallest absolute Gasteiger partial charge is 0.255 e. The number of rotatable bonds is 2. The van der Waals surface area contributed by atoms with Crippen molar-refractivity contribution in [3.8, 4) is 5.75 Å². The lowest BCUT2D eigenvalue weighted by atomic mass is 9.92. The molecule has 0 bridgehead atoms. The van der Waals surface area contributed by atoms with Crippen LogP contribution in [0.4, 0.5) is 5.69 Å². The van der Waals surface area contributed by atoms with Crippen molar-refractivity contribution in [2.75, 3.05) is 5.32 Å². The summed E-state index contributed by atoms with van der Waals surface area (Å²) in [5.74, 6) is 0.319. The van der Waals surface area contributed by atoms with E-state index in [9.17, 15) is 9.59 Å². The second-order valence-corrected chi connectivity index (χ2v) is 7.40. The van der Waals surface area contributed by atoms with Gasteiger partial charge >= 0.3 is 0 Å². The molecule has 0 unspecified atom stereocenters. The fourth-order valence-corrected chi connectivity index (χ4v) is 3.36. The van der Waals surface area contributed by atoms with Gasteiger partial charge in [-0.15, -0.1) is 0 Å². The molecule has 1 N–H and O–H groups in total. The van der Waals surface area contributed by atoms with Gasteiger partial charge in [-0.2, -0.15) is 0 Å². The van der Waals surface area contributed by atoms with E-state index in [1.807, 2.05) is 46.8 Å². The highest BCUT2D eigenvalue weighted by Gasteiger charge is 2.32. The Morgan fingerprint density at radius 2 is 1.72 bits per heavy atom. The largest absolute Gasteiger partial charge is 0.487 e. The Morgan fingerprint density at radius 1 is 1.08 bits per heavy atom. The fourth-order valence-electron chi connectivity index (χ4n) is 3.36. The molecule has 130 valence electrons. The molecule has 1 aliphatic heterocycles. The molecule has 0 saturated heterocycles. The number of carbonyl (C=O) groups excluding carboxylic acids is 2. The highest BCUT2D eigenvalue weighted by Crippen LogP contribution is 2.33. The minimum absolute atomic E-state index is 0.00333. The van der Waals surface area contributed by atoms with Crippen LogP contribution in [-0.2, 0) is 0 Å². The average molecular weight is 337 g/mol. The number of carbonyl (C=O) groups is 2.